The van der Waals surface area contributed by atoms with E-state index in [0.29, 0.717) is 10.7 Å². The van der Waals surface area contributed by atoms with Crippen LogP contribution in [0.4, 0.5) is 0 Å². The Labute approximate surface area is 152 Å². The van der Waals surface area contributed by atoms with Crippen molar-refractivity contribution in [3.8, 4) is 11.3 Å². The number of aromatic nitrogens is 1. The van der Waals surface area contributed by atoms with Gasteiger partial charge in [-0.3, -0.25) is 4.79 Å². The second-order valence-corrected chi connectivity index (χ2v) is 6.82. The van der Waals surface area contributed by atoms with Crippen LogP contribution in [0.15, 0.2) is 54.6 Å². The van der Waals surface area contributed by atoms with Crippen LogP contribution in [0.25, 0.3) is 22.0 Å². The molecule has 126 valence electrons. The van der Waals surface area contributed by atoms with E-state index in [1.165, 1.54) is 6.42 Å². The lowest BCUT2D eigenvalue weighted by atomic mass is 10.0. The topological polar surface area (TPSA) is 33.2 Å². The number of halogens is 1. The van der Waals surface area contributed by atoms with Crippen LogP contribution in [-0.2, 0) is 0 Å². The fraction of sp³-hybridized carbons (Fsp3) is 0.238. The summed E-state index contributed by atoms with van der Waals surface area (Å²) in [6.45, 7) is 1.63. The number of fused-ring (bicyclic) bond motifs is 1. The number of likely N-dealkylation sites (tertiary alicyclic amines) is 1. The van der Waals surface area contributed by atoms with Gasteiger partial charge < -0.3 is 4.90 Å². The van der Waals surface area contributed by atoms with Gasteiger partial charge in [0.05, 0.1) is 5.69 Å². The summed E-state index contributed by atoms with van der Waals surface area (Å²) in [6, 6.07) is 17.5. The molecule has 4 rings (SSSR count). The molecule has 1 aromatic heterocycles. The van der Waals surface area contributed by atoms with Crippen molar-refractivity contribution in [2.45, 2.75) is 19.3 Å². The highest BCUT2D eigenvalue weighted by Crippen LogP contribution is 2.32. The molecule has 0 unspecified atom stereocenters. The fourth-order valence-electron chi connectivity index (χ4n) is 3.43. The number of pyridine rings is 1. The van der Waals surface area contributed by atoms with Crippen LogP contribution in [0.2, 0.25) is 5.02 Å². The Hall–Kier alpha value is -2.39. The van der Waals surface area contributed by atoms with Crippen LogP contribution in [0.5, 0.6) is 0 Å². The smallest absolute Gasteiger partial charge is 0.272 e. The first-order chi connectivity index (χ1) is 12.2. The van der Waals surface area contributed by atoms with Gasteiger partial charge in [0.25, 0.3) is 5.91 Å². The molecule has 0 N–H and O–H groups in total. The number of nitrogens with zero attached hydrogens (tertiary/aromatic N) is 2. The molecule has 3 aromatic rings. The normalized spacial score (nSPS) is 14.7. The second-order valence-electron chi connectivity index (χ2n) is 6.41. The summed E-state index contributed by atoms with van der Waals surface area (Å²) in [6.07, 6.45) is 3.33. The summed E-state index contributed by atoms with van der Waals surface area (Å²) in [7, 11) is 0. The van der Waals surface area contributed by atoms with Crippen LogP contribution in [-0.4, -0.2) is 28.9 Å². The molecule has 2 aromatic carbocycles. The monoisotopic (exact) mass is 350 g/mol. The summed E-state index contributed by atoms with van der Waals surface area (Å²) in [5, 5.41) is 2.65. The molecule has 1 fully saturated rings. The maximum absolute atomic E-state index is 12.9. The Balaban J connectivity index is 1.87. The van der Waals surface area contributed by atoms with Gasteiger partial charge in [-0.15, -0.1) is 0 Å². The zero-order valence-corrected chi connectivity index (χ0v) is 14.7. The van der Waals surface area contributed by atoms with E-state index in [-0.39, 0.29) is 5.91 Å². The fourth-order valence-corrected chi connectivity index (χ4v) is 3.65. The summed E-state index contributed by atoms with van der Waals surface area (Å²) >= 11 is 6.40. The molecular formula is C21H19ClN2O. The van der Waals surface area contributed by atoms with E-state index in [0.717, 1.165) is 48.0 Å². The molecule has 0 radical (unpaired) electrons. The third kappa shape index (κ3) is 3.12. The lowest BCUT2D eigenvalue weighted by Gasteiger charge is -2.26. The minimum Gasteiger partial charge on any atom is -0.337 e. The van der Waals surface area contributed by atoms with E-state index < -0.39 is 0 Å². The number of amides is 1. The molecule has 4 heteroatoms. The number of carbonyl (C=O) groups excluding carboxylic acids is 1. The zero-order valence-electron chi connectivity index (χ0n) is 13.9. The molecule has 0 aliphatic carbocycles. The van der Waals surface area contributed by atoms with Gasteiger partial charge in [-0.2, -0.15) is 0 Å². The molecule has 0 bridgehead atoms. The van der Waals surface area contributed by atoms with E-state index >= 15 is 0 Å². The molecule has 0 atom stereocenters. The van der Waals surface area contributed by atoms with E-state index in [9.17, 15) is 4.79 Å². The molecule has 1 aliphatic heterocycles. The van der Waals surface area contributed by atoms with E-state index in [1.54, 1.807) is 0 Å². The first-order valence-corrected chi connectivity index (χ1v) is 9.06. The third-order valence-corrected chi connectivity index (χ3v) is 5.06. The van der Waals surface area contributed by atoms with Crippen LogP contribution in [0, 0.1) is 0 Å². The summed E-state index contributed by atoms with van der Waals surface area (Å²) in [5.41, 5.74) is 2.12. The Kier molecular flexibility index (Phi) is 4.41. The van der Waals surface area contributed by atoms with Crippen LogP contribution < -0.4 is 0 Å². The predicted octanol–water partition coefficient (Wildman–Crippen LogP) is 5.18. The molecule has 2 heterocycles. The van der Waals surface area contributed by atoms with Crippen molar-refractivity contribution in [3.05, 3.63) is 65.3 Å². The highest BCUT2D eigenvalue weighted by molar-refractivity contribution is 6.33. The van der Waals surface area contributed by atoms with Gasteiger partial charge in [0, 0.05) is 29.1 Å². The Bertz CT molecular complexity index is 932. The van der Waals surface area contributed by atoms with Gasteiger partial charge in [0.2, 0.25) is 0 Å². The molecule has 1 saturated heterocycles. The number of carbonyl (C=O) groups is 1. The average Bonchev–Trinajstić information content (AvgIpc) is 2.68. The highest BCUT2D eigenvalue weighted by Gasteiger charge is 2.21. The number of piperidine rings is 1. The number of rotatable bonds is 2. The molecule has 0 spiro atoms. The average molecular weight is 351 g/mol. The number of benzene rings is 2. The van der Waals surface area contributed by atoms with Crippen molar-refractivity contribution < 1.29 is 4.79 Å². The SMILES string of the molecule is O=C(c1cc2ccccc2c(-c2ccccc2Cl)n1)N1CCCCC1. The van der Waals surface area contributed by atoms with Crippen molar-refractivity contribution in [2.75, 3.05) is 13.1 Å². The van der Waals surface area contributed by atoms with Crippen molar-refractivity contribution in [1.29, 1.82) is 0 Å². The Morgan fingerprint density at radius 1 is 0.960 bits per heavy atom. The minimum atomic E-state index is 0.0127. The first kappa shape index (κ1) is 16.1. The van der Waals surface area contributed by atoms with Crippen LogP contribution in [0.3, 0.4) is 0 Å². The van der Waals surface area contributed by atoms with E-state index in [4.69, 9.17) is 16.6 Å². The molecule has 1 amide bonds. The summed E-state index contributed by atoms with van der Waals surface area (Å²) < 4.78 is 0. The van der Waals surface area contributed by atoms with Gasteiger partial charge in [0.1, 0.15) is 5.69 Å². The zero-order chi connectivity index (χ0) is 17.2. The van der Waals surface area contributed by atoms with E-state index in [2.05, 4.69) is 0 Å². The Morgan fingerprint density at radius 2 is 1.68 bits per heavy atom. The molecule has 3 nitrogen and oxygen atoms in total. The lowest BCUT2D eigenvalue weighted by molar-refractivity contribution is 0.0718. The number of hydrogen-bond donors (Lipinski definition) is 0. The molecule has 1 aliphatic rings. The van der Waals surface area contributed by atoms with Crippen LogP contribution in [0.1, 0.15) is 29.8 Å². The van der Waals surface area contributed by atoms with Gasteiger partial charge in [-0.25, -0.2) is 4.98 Å². The second kappa shape index (κ2) is 6.85. The van der Waals surface area contributed by atoms with Crippen molar-refractivity contribution >= 4 is 28.3 Å². The van der Waals surface area contributed by atoms with Gasteiger partial charge in [-0.1, -0.05) is 54.1 Å². The maximum Gasteiger partial charge on any atom is 0.272 e. The lowest BCUT2D eigenvalue weighted by Crippen LogP contribution is -2.36. The van der Waals surface area contributed by atoms with Gasteiger partial charge in [0.15, 0.2) is 0 Å². The number of hydrogen-bond acceptors (Lipinski definition) is 2. The quantitative estimate of drug-likeness (QED) is 0.638. The predicted molar refractivity (Wildman–Crippen MR) is 102 cm³/mol. The maximum atomic E-state index is 12.9. The van der Waals surface area contributed by atoms with Gasteiger partial charge in [-0.05, 0) is 36.8 Å². The largest absolute Gasteiger partial charge is 0.337 e. The minimum absolute atomic E-state index is 0.0127. The van der Waals surface area contributed by atoms with Gasteiger partial charge >= 0.3 is 0 Å². The van der Waals surface area contributed by atoms with E-state index in [1.807, 2.05) is 59.5 Å². The molecular weight excluding hydrogens is 332 g/mol. The Morgan fingerprint density at radius 3 is 2.48 bits per heavy atom. The standard InChI is InChI=1S/C21H19ClN2O/c22-18-11-5-4-10-17(18)20-16-9-3-2-8-15(16)14-19(23-20)21(25)24-12-6-1-7-13-24/h2-5,8-11,14H,1,6-7,12-13H2. The molecule has 0 saturated carbocycles. The van der Waals surface area contributed by atoms with Crippen molar-refractivity contribution in [2.24, 2.45) is 0 Å². The highest BCUT2D eigenvalue weighted by atomic mass is 35.5. The van der Waals surface area contributed by atoms with Crippen LogP contribution >= 0.6 is 11.6 Å². The summed E-state index contributed by atoms with van der Waals surface area (Å²) in [5.74, 6) is 0.0127. The molecule has 25 heavy (non-hydrogen) atoms. The summed E-state index contributed by atoms with van der Waals surface area (Å²) in [4.78, 5) is 19.6. The van der Waals surface area contributed by atoms with Crippen molar-refractivity contribution in [3.63, 3.8) is 0 Å². The van der Waals surface area contributed by atoms with Crippen molar-refractivity contribution in [1.82, 2.24) is 9.88 Å². The third-order valence-electron chi connectivity index (χ3n) is 4.73. The first-order valence-electron chi connectivity index (χ1n) is 8.68.